The summed E-state index contributed by atoms with van der Waals surface area (Å²) in [6.07, 6.45) is 2.30. The normalized spacial score (nSPS) is 24.2. The Morgan fingerprint density at radius 2 is 1.88 bits per heavy atom. The van der Waals surface area contributed by atoms with E-state index in [1.165, 1.54) is 0 Å². The first-order valence-corrected chi connectivity index (χ1v) is 6.19. The van der Waals surface area contributed by atoms with Gasteiger partial charge in [0.2, 0.25) is 5.91 Å². The molecule has 1 aromatic rings. The zero-order chi connectivity index (χ0) is 12.5. The Bertz CT molecular complexity index is 495. The molecule has 0 aromatic heterocycles. The molecule has 1 atom stereocenters. The molecule has 2 amide bonds. The molecule has 0 fully saturated rings. The highest BCUT2D eigenvalue weighted by atomic mass is 79.9. The molecule has 1 aromatic carbocycles. The average molecular weight is 294 g/mol. The predicted octanol–water partition coefficient (Wildman–Crippen LogP) is 2.27. The number of imide groups is 1. The van der Waals surface area contributed by atoms with Gasteiger partial charge in [-0.3, -0.25) is 14.9 Å². The minimum atomic E-state index is -0.756. The first-order valence-electron chi connectivity index (χ1n) is 5.40. The summed E-state index contributed by atoms with van der Waals surface area (Å²) in [5.41, 5.74) is 0.137. The molecule has 1 aliphatic heterocycles. The van der Waals surface area contributed by atoms with Gasteiger partial charge in [0, 0.05) is 0 Å². The third-order valence-corrected chi connectivity index (χ3v) is 3.66. The van der Waals surface area contributed by atoms with Gasteiger partial charge in [0.05, 0.1) is 9.90 Å². The van der Waals surface area contributed by atoms with Crippen LogP contribution in [0.1, 0.15) is 18.9 Å². The lowest BCUT2D eigenvalue weighted by molar-refractivity contribution is -0.132. The Morgan fingerprint density at radius 1 is 1.24 bits per heavy atom. The lowest BCUT2D eigenvalue weighted by atomic mass is 9.75. The Labute approximate surface area is 108 Å². The van der Waals surface area contributed by atoms with Crippen molar-refractivity contribution in [1.82, 2.24) is 5.32 Å². The smallest absolute Gasteiger partial charge is 0.264 e. The zero-order valence-electron chi connectivity index (χ0n) is 9.37. The van der Waals surface area contributed by atoms with Crippen LogP contribution >= 0.6 is 15.9 Å². The summed E-state index contributed by atoms with van der Waals surface area (Å²) in [6.45, 7) is 1.93. The molecular formula is C13H12BrNO2. The fourth-order valence-electron chi connectivity index (χ4n) is 2.04. The molecule has 17 heavy (non-hydrogen) atoms. The second kappa shape index (κ2) is 4.45. The van der Waals surface area contributed by atoms with Gasteiger partial charge in [-0.1, -0.05) is 37.3 Å². The van der Waals surface area contributed by atoms with Crippen LogP contribution in [0.4, 0.5) is 0 Å². The van der Waals surface area contributed by atoms with Gasteiger partial charge in [-0.25, -0.2) is 0 Å². The number of carbonyl (C=O) groups is 2. The van der Waals surface area contributed by atoms with Crippen molar-refractivity contribution in [3.63, 3.8) is 0 Å². The lowest BCUT2D eigenvalue weighted by Crippen LogP contribution is -2.49. The van der Waals surface area contributed by atoms with E-state index in [0.29, 0.717) is 10.9 Å². The average Bonchev–Trinajstić information content (AvgIpc) is 2.35. The van der Waals surface area contributed by atoms with Gasteiger partial charge in [-0.15, -0.1) is 0 Å². The number of amides is 2. The Kier molecular flexibility index (Phi) is 3.15. The molecule has 88 valence electrons. The quantitative estimate of drug-likeness (QED) is 0.851. The maximum Gasteiger partial charge on any atom is 0.264 e. The monoisotopic (exact) mass is 293 g/mol. The standard InChI is InChI=1S/C13H12BrNO2/c1-2-13(9-6-4-3-5-7-9)8-10(14)11(16)15-12(13)17/h3-8H,2H2,1H3,(H,15,16,17). The highest BCUT2D eigenvalue weighted by molar-refractivity contribution is 9.12. The topological polar surface area (TPSA) is 46.2 Å². The molecule has 1 N–H and O–H groups in total. The van der Waals surface area contributed by atoms with E-state index >= 15 is 0 Å². The summed E-state index contributed by atoms with van der Waals surface area (Å²) >= 11 is 3.19. The summed E-state index contributed by atoms with van der Waals surface area (Å²) < 4.78 is 0.405. The molecule has 0 aliphatic carbocycles. The van der Waals surface area contributed by atoms with Crippen molar-refractivity contribution in [3.8, 4) is 0 Å². The number of halogens is 1. The molecule has 0 radical (unpaired) electrons. The van der Waals surface area contributed by atoms with Crippen LogP contribution in [0, 0.1) is 0 Å². The van der Waals surface area contributed by atoms with Crippen molar-refractivity contribution in [2.24, 2.45) is 0 Å². The molecule has 1 aliphatic rings. The molecule has 0 saturated heterocycles. The molecule has 0 saturated carbocycles. The molecule has 2 rings (SSSR count). The Balaban J connectivity index is 2.59. The van der Waals surface area contributed by atoms with Crippen molar-refractivity contribution in [2.45, 2.75) is 18.8 Å². The van der Waals surface area contributed by atoms with Crippen LogP contribution in [0.3, 0.4) is 0 Å². The highest BCUT2D eigenvalue weighted by Crippen LogP contribution is 2.34. The number of rotatable bonds is 2. The number of carbonyl (C=O) groups excluding carboxylic acids is 2. The fourth-order valence-corrected chi connectivity index (χ4v) is 2.53. The Hall–Kier alpha value is -1.42. The van der Waals surface area contributed by atoms with Crippen molar-refractivity contribution in [1.29, 1.82) is 0 Å². The van der Waals surface area contributed by atoms with Gasteiger partial charge in [0.25, 0.3) is 5.91 Å². The van der Waals surface area contributed by atoms with Gasteiger partial charge in [-0.05, 0) is 34.0 Å². The number of hydrogen-bond acceptors (Lipinski definition) is 2. The predicted molar refractivity (Wildman–Crippen MR) is 68.6 cm³/mol. The van der Waals surface area contributed by atoms with E-state index in [1.807, 2.05) is 37.3 Å². The molecule has 1 heterocycles. The van der Waals surface area contributed by atoms with E-state index in [2.05, 4.69) is 21.2 Å². The molecule has 1 unspecified atom stereocenters. The van der Waals surface area contributed by atoms with Crippen LogP contribution in [-0.4, -0.2) is 11.8 Å². The zero-order valence-corrected chi connectivity index (χ0v) is 11.0. The summed E-state index contributed by atoms with van der Waals surface area (Å²) in [4.78, 5) is 23.5. The minimum Gasteiger partial charge on any atom is -0.291 e. The van der Waals surface area contributed by atoms with Gasteiger partial charge in [0.1, 0.15) is 0 Å². The van der Waals surface area contributed by atoms with Gasteiger partial charge in [-0.2, -0.15) is 0 Å². The van der Waals surface area contributed by atoms with E-state index < -0.39 is 5.41 Å². The third kappa shape index (κ3) is 1.93. The van der Waals surface area contributed by atoms with Crippen molar-refractivity contribution < 1.29 is 9.59 Å². The van der Waals surface area contributed by atoms with E-state index in [0.717, 1.165) is 5.56 Å². The van der Waals surface area contributed by atoms with Crippen LogP contribution in [0.15, 0.2) is 40.9 Å². The van der Waals surface area contributed by atoms with E-state index in [-0.39, 0.29) is 11.8 Å². The van der Waals surface area contributed by atoms with Crippen LogP contribution in [0.25, 0.3) is 0 Å². The maximum absolute atomic E-state index is 12.1. The molecule has 3 nitrogen and oxygen atoms in total. The second-order valence-electron chi connectivity index (χ2n) is 3.97. The molecule has 4 heteroatoms. The number of nitrogens with one attached hydrogen (secondary N) is 1. The maximum atomic E-state index is 12.1. The van der Waals surface area contributed by atoms with Crippen molar-refractivity contribution in [3.05, 3.63) is 46.5 Å². The summed E-state index contributed by atoms with van der Waals surface area (Å²) in [7, 11) is 0. The minimum absolute atomic E-state index is 0.264. The summed E-state index contributed by atoms with van der Waals surface area (Å²) in [6, 6.07) is 9.47. The number of hydrogen-bond donors (Lipinski definition) is 1. The van der Waals surface area contributed by atoms with Crippen LogP contribution in [0.5, 0.6) is 0 Å². The second-order valence-corrected chi connectivity index (χ2v) is 4.82. The van der Waals surface area contributed by atoms with Gasteiger partial charge >= 0.3 is 0 Å². The third-order valence-electron chi connectivity index (χ3n) is 3.07. The first kappa shape index (κ1) is 12.0. The summed E-state index contributed by atoms with van der Waals surface area (Å²) in [5.74, 6) is -0.644. The molecule has 0 bridgehead atoms. The lowest BCUT2D eigenvalue weighted by Gasteiger charge is -2.31. The van der Waals surface area contributed by atoms with Crippen LogP contribution in [0.2, 0.25) is 0 Å². The Morgan fingerprint density at radius 3 is 2.47 bits per heavy atom. The van der Waals surface area contributed by atoms with Crippen molar-refractivity contribution >= 4 is 27.7 Å². The molecule has 0 spiro atoms. The fraction of sp³-hybridized carbons (Fsp3) is 0.231. The molecular weight excluding hydrogens is 282 g/mol. The highest BCUT2D eigenvalue weighted by Gasteiger charge is 2.41. The SMILES string of the molecule is CCC1(c2ccccc2)C=C(Br)C(=O)NC1=O. The first-order chi connectivity index (χ1) is 8.10. The summed E-state index contributed by atoms with van der Waals surface area (Å²) in [5, 5.41) is 2.38. The van der Waals surface area contributed by atoms with Crippen LogP contribution < -0.4 is 5.32 Å². The van der Waals surface area contributed by atoms with Gasteiger partial charge in [0.15, 0.2) is 0 Å². The van der Waals surface area contributed by atoms with E-state index in [4.69, 9.17) is 0 Å². The number of benzene rings is 1. The largest absolute Gasteiger partial charge is 0.291 e. The van der Waals surface area contributed by atoms with E-state index in [9.17, 15) is 9.59 Å². The van der Waals surface area contributed by atoms with Gasteiger partial charge < -0.3 is 0 Å². The van der Waals surface area contributed by atoms with Crippen LogP contribution in [-0.2, 0) is 15.0 Å². The van der Waals surface area contributed by atoms with Crippen molar-refractivity contribution in [2.75, 3.05) is 0 Å². The van der Waals surface area contributed by atoms with E-state index in [1.54, 1.807) is 6.08 Å².